The summed E-state index contributed by atoms with van der Waals surface area (Å²) in [6.45, 7) is 1.66. The standard InChI is InChI=1S/C16H18N2O3/c1-16(15(17)20,11-6-5-7-12(19)10-11)18-13-8-3-4-9-14(13)21-2/h3-10,18-19H,1-2H3,(H2,17,20). The Morgan fingerprint density at radius 3 is 2.57 bits per heavy atom. The molecule has 0 saturated heterocycles. The minimum absolute atomic E-state index is 0.0711. The van der Waals surface area contributed by atoms with Gasteiger partial charge in [-0.25, -0.2) is 0 Å². The van der Waals surface area contributed by atoms with Crippen LogP contribution in [0.3, 0.4) is 0 Å². The molecule has 21 heavy (non-hydrogen) atoms. The molecule has 0 saturated carbocycles. The number of amides is 1. The van der Waals surface area contributed by atoms with Crippen molar-refractivity contribution < 1.29 is 14.6 Å². The molecule has 1 atom stereocenters. The number of hydrogen-bond donors (Lipinski definition) is 3. The molecule has 1 amide bonds. The lowest BCUT2D eigenvalue weighted by Crippen LogP contribution is -2.45. The van der Waals surface area contributed by atoms with E-state index in [-0.39, 0.29) is 5.75 Å². The molecule has 4 N–H and O–H groups in total. The minimum Gasteiger partial charge on any atom is -0.508 e. The van der Waals surface area contributed by atoms with Gasteiger partial charge in [-0.15, -0.1) is 0 Å². The number of carbonyl (C=O) groups excluding carboxylic acids is 1. The van der Waals surface area contributed by atoms with E-state index in [0.29, 0.717) is 17.0 Å². The lowest BCUT2D eigenvalue weighted by Gasteiger charge is -2.30. The Balaban J connectivity index is 2.46. The SMILES string of the molecule is COc1ccccc1NC(C)(C(N)=O)c1cccc(O)c1. The third-order valence-corrected chi connectivity index (χ3v) is 3.41. The van der Waals surface area contributed by atoms with Crippen LogP contribution < -0.4 is 15.8 Å². The molecule has 0 aliphatic carbocycles. The first-order valence-corrected chi connectivity index (χ1v) is 6.48. The highest BCUT2D eigenvalue weighted by Crippen LogP contribution is 2.32. The van der Waals surface area contributed by atoms with Crippen LogP contribution in [0.4, 0.5) is 5.69 Å². The molecule has 0 aliphatic rings. The molecule has 0 aromatic heterocycles. The number of ether oxygens (including phenoxy) is 1. The van der Waals surface area contributed by atoms with Gasteiger partial charge in [0.2, 0.25) is 5.91 Å². The first-order valence-electron chi connectivity index (χ1n) is 6.48. The largest absolute Gasteiger partial charge is 0.508 e. The number of nitrogens with two attached hydrogens (primary N) is 1. The summed E-state index contributed by atoms with van der Waals surface area (Å²) in [6, 6.07) is 13.7. The quantitative estimate of drug-likeness (QED) is 0.786. The topological polar surface area (TPSA) is 84.6 Å². The van der Waals surface area contributed by atoms with E-state index in [4.69, 9.17) is 10.5 Å². The van der Waals surface area contributed by atoms with Crippen LogP contribution in [0.15, 0.2) is 48.5 Å². The number of rotatable bonds is 5. The van der Waals surface area contributed by atoms with Crippen molar-refractivity contribution in [3.05, 3.63) is 54.1 Å². The normalized spacial score (nSPS) is 13.2. The number of methoxy groups -OCH3 is 1. The van der Waals surface area contributed by atoms with Gasteiger partial charge in [-0.1, -0.05) is 24.3 Å². The number of anilines is 1. The van der Waals surface area contributed by atoms with E-state index in [1.54, 1.807) is 38.3 Å². The molecule has 1 unspecified atom stereocenters. The summed E-state index contributed by atoms with van der Waals surface area (Å²) >= 11 is 0. The van der Waals surface area contributed by atoms with Gasteiger partial charge in [0.05, 0.1) is 12.8 Å². The van der Waals surface area contributed by atoms with Crippen molar-refractivity contribution in [1.29, 1.82) is 0 Å². The summed E-state index contributed by atoms with van der Waals surface area (Å²) < 4.78 is 5.27. The lowest BCUT2D eigenvalue weighted by molar-refractivity contribution is -0.122. The maximum atomic E-state index is 12.0. The summed E-state index contributed by atoms with van der Waals surface area (Å²) in [6.07, 6.45) is 0. The van der Waals surface area contributed by atoms with Crippen molar-refractivity contribution in [3.8, 4) is 11.5 Å². The van der Waals surface area contributed by atoms with Crippen LogP contribution in [0, 0.1) is 0 Å². The molecular formula is C16H18N2O3. The molecular weight excluding hydrogens is 268 g/mol. The number of aromatic hydroxyl groups is 1. The predicted molar refractivity (Wildman–Crippen MR) is 81.3 cm³/mol. The minimum atomic E-state index is -1.17. The average molecular weight is 286 g/mol. The number of para-hydroxylation sites is 2. The van der Waals surface area contributed by atoms with Crippen LogP contribution in [0.2, 0.25) is 0 Å². The molecule has 0 bridgehead atoms. The van der Waals surface area contributed by atoms with Gasteiger partial charge >= 0.3 is 0 Å². The monoisotopic (exact) mass is 286 g/mol. The highest BCUT2D eigenvalue weighted by Gasteiger charge is 2.34. The van der Waals surface area contributed by atoms with Crippen LogP contribution in [-0.4, -0.2) is 18.1 Å². The lowest BCUT2D eigenvalue weighted by atomic mass is 9.90. The molecule has 2 rings (SSSR count). The molecule has 110 valence electrons. The van der Waals surface area contributed by atoms with Crippen LogP contribution >= 0.6 is 0 Å². The van der Waals surface area contributed by atoms with Gasteiger partial charge in [0, 0.05) is 0 Å². The third-order valence-electron chi connectivity index (χ3n) is 3.41. The van der Waals surface area contributed by atoms with Crippen molar-refractivity contribution >= 4 is 11.6 Å². The number of carbonyl (C=O) groups is 1. The number of hydrogen-bond acceptors (Lipinski definition) is 4. The molecule has 0 radical (unpaired) electrons. The fourth-order valence-electron chi connectivity index (χ4n) is 2.11. The Hall–Kier alpha value is -2.69. The third kappa shape index (κ3) is 2.91. The Morgan fingerprint density at radius 2 is 1.95 bits per heavy atom. The number of nitrogens with one attached hydrogen (secondary N) is 1. The van der Waals surface area contributed by atoms with E-state index in [1.165, 1.54) is 12.1 Å². The Morgan fingerprint density at radius 1 is 1.24 bits per heavy atom. The summed E-state index contributed by atoms with van der Waals surface area (Å²) in [7, 11) is 1.55. The maximum absolute atomic E-state index is 12.0. The summed E-state index contributed by atoms with van der Waals surface area (Å²) in [4.78, 5) is 12.0. The molecule has 0 fully saturated rings. The van der Waals surface area contributed by atoms with Gasteiger partial charge in [0.1, 0.15) is 17.0 Å². The van der Waals surface area contributed by atoms with E-state index < -0.39 is 11.4 Å². The van der Waals surface area contributed by atoms with Gasteiger partial charge in [-0.3, -0.25) is 4.79 Å². The average Bonchev–Trinajstić information content (AvgIpc) is 2.47. The fraction of sp³-hybridized carbons (Fsp3) is 0.188. The summed E-state index contributed by atoms with van der Waals surface area (Å²) in [5.74, 6) is 0.117. The molecule has 0 aliphatic heterocycles. The zero-order valence-corrected chi connectivity index (χ0v) is 12.0. The predicted octanol–water partition coefficient (Wildman–Crippen LogP) is 2.21. The van der Waals surface area contributed by atoms with Gasteiger partial charge in [0.15, 0.2) is 0 Å². The second-order valence-electron chi connectivity index (χ2n) is 4.86. The van der Waals surface area contributed by atoms with Crippen molar-refractivity contribution in [2.75, 3.05) is 12.4 Å². The highest BCUT2D eigenvalue weighted by molar-refractivity contribution is 5.89. The summed E-state index contributed by atoms with van der Waals surface area (Å²) in [5.41, 5.74) is 5.61. The van der Waals surface area contributed by atoms with E-state index in [1.807, 2.05) is 12.1 Å². The Bertz CT molecular complexity index is 657. The molecule has 2 aromatic carbocycles. The van der Waals surface area contributed by atoms with Crippen molar-refractivity contribution in [2.45, 2.75) is 12.5 Å². The van der Waals surface area contributed by atoms with E-state index in [2.05, 4.69) is 5.32 Å². The second-order valence-corrected chi connectivity index (χ2v) is 4.86. The van der Waals surface area contributed by atoms with Crippen molar-refractivity contribution in [3.63, 3.8) is 0 Å². The second kappa shape index (κ2) is 5.75. The zero-order chi connectivity index (χ0) is 15.5. The van der Waals surface area contributed by atoms with Gasteiger partial charge < -0.3 is 20.9 Å². The Kier molecular flexibility index (Phi) is 4.03. The number of phenolic OH excluding ortho intramolecular Hbond substituents is 1. The Labute approximate surface area is 123 Å². The summed E-state index contributed by atoms with van der Waals surface area (Å²) in [5, 5.41) is 12.7. The molecule has 5 heteroatoms. The van der Waals surface area contributed by atoms with E-state index >= 15 is 0 Å². The first kappa shape index (κ1) is 14.7. The molecule has 5 nitrogen and oxygen atoms in total. The van der Waals surface area contributed by atoms with Crippen LogP contribution in [0.1, 0.15) is 12.5 Å². The molecule has 0 heterocycles. The van der Waals surface area contributed by atoms with Crippen LogP contribution in [-0.2, 0) is 10.3 Å². The van der Waals surface area contributed by atoms with Gasteiger partial charge in [0.25, 0.3) is 0 Å². The van der Waals surface area contributed by atoms with Gasteiger partial charge in [-0.2, -0.15) is 0 Å². The van der Waals surface area contributed by atoms with E-state index in [9.17, 15) is 9.90 Å². The number of phenols is 1. The van der Waals surface area contributed by atoms with Crippen LogP contribution in [0.25, 0.3) is 0 Å². The maximum Gasteiger partial charge on any atom is 0.247 e. The fourth-order valence-corrected chi connectivity index (χ4v) is 2.11. The first-order chi connectivity index (χ1) is 9.97. The van der Waals surface area contributed by atoms with Crippen LogP contribution in [0.5, 0.6) is 11.5 Å². The van der Waals surface area contributed by atoms with Crippen molar-refractivity contribution in [2.24, 2.45) is 5.73 Å². The van der Waals surface area contributed by atoms with Crippen molar-refractivity contribution in [1.82, 2.24) is 0 Å². The molecule has 0 spiro atoms. The number of primary amides is 1. The highest BCUT2D eigenvalue weighted by atomic mass is 16.5. The smallest absolute Gasteiger partial charge is 0.247 e. The van der Waals surface area contributed by atoms with Gasteiger partial charge in [-0.05, 0) is 36.8 Å². The van der Waals surface area contributed by atoms with E-state index in [0.717, 1.165) is 0 Å². The zero-order valence-electron chi connectivity index (χ0n) is 12.0. The molecule has 2 aromatic rings. The number of benzene rings is 2.